The minimum Gasteiger partial charge on any atom is -0.368 e. The molecule has 0 atom stereocenters. The molecule has 7 heteroatoms. The lowest BCUT2D eigenvalue weighted by molar-refractivity contribution is 0.578. The van der Waals surface area contributed by atoms with E-state index in [0.717, 1.165) is 12.1 Å². The van der Waals surface area contributed by atoms with Crippen LogP contribution in [0.1, 0.15) is 11.3 Å². The van der Waals surface area contributed by atoms with Crippen molar-refractivity contribution in [2.45, 2.75) is 6.92 Å². The largest absolute Gasteiger partial charge is 0.368 e. The van der Waals surface area contributed by atoms with Gasteiger partial charge in [-0.2, -0.15) is 5.10 Å². The minimum atomic E-state index is -0.689. The monoisotopic (exact) mass is 314 g/mol. The number of aryl methyl sites for hydroxylation is 1. The topological polar surface area (TPSA) is 56.2 Å². The van der Waals surface area contributed by atoms with Crippen LogP contribution in [0.15, 0.2) is 27.9 Å². The minimum absolute atomic E-state index is 0.142. The molecule has 0 aliphatic rings. The number of anilines is 1. The van der Waals surface area contributed by atoms with Crippen molar-refractivity contribution in [3.63, 3.8) is 0 Å². The second-order valence-corrected chi connectivity index (χ2v) is 4.41. The van der Waals surface area contributed by atoms with Gasteiger partial charge in [-0.1, -0.05) is 0 Å². The maximum Gasteiger partial charge on any atom is 0.221 e. The predicted molar refractivity (Wildman–Crippen MR) is 68.4 cm³/mol. The fourth-order valence-electron chi connectivity index (χ4n) is 1.39. The van der Waals surface area contributed by atoms with E-state index >= 15 is 0 Å². The SMILES string of the molecule is Cc1cn(N=Cc2cc(F)cc(F)c2Br)c(N)n1. The average Bonchev–Trinajstić information content (AvgIpc) is 2.60. The van der Waals surface area contributed by atoms with Gasteiger partial charge in [-0.25, -0.2) is 18.4 Å². The van der Waals surface area contributed by atoms with Crippen molar-refractivity contribution >= 4 is 28.1 Å². The van der Waals surface area contributed by atoms with Crippen molar-refractivity contribution in [2.24, 2.45) is 5.10 Å². The molecule has 0 spiro atoms. The van der Waals surface area contributed by atoms with E-state index in [1.165, 1.54) is 10.9 Å². The quantitative estimate of drug-likeness (QED) is 0.684. The summed E-state index contributed by atoms with van der Waals surface area (Å²) in [5.41, 5.74) is 6.56. The van der Waals surface area contributed by atoms with Crippen molar-refractivity contribution in [1.82, 2.24) is 9.66 Å². The molecule has 0 saturated heterocycles. The Kier molecular flexibility index (Phi) is 3.42. The Morgan fingerprint density at radius 2 is 2.17 bits per heavy atom. The number of nitrogens with zero attached hydrogens (tertiary/aromatic N) is 3. The lowest BCUT2D eigenvalue weighted by Gasteiger charge is -2.00. The first kappa shape index (κ1) is 12.7. The van der Waals surface area contributed by atoms with E-state index in [1.54, 1.807) is 13.1 Å². The molecule has 94 valence electrons. The zero-order valence-electron chi connectivity index (χ0n) is 9.36. The first-order chi connectivity index (χ1) is 8.47. The Morgan fingerprint density at radius 3 is 2.78 bits per heavy atom. The summed E-state index contributed by atoms with van der Waals surface area (Å²) in [4.78, 5) is 3.95. The van der Waals surface area contributed by atoms with Crippen LogP contribution in [0.25, 0.3) is 0 Å². The molecule has 18 heavy (non-hydrogen) atoms. The Bertz CT molecular complexity index is 622. The van der Waals surface area contributed by atoms with Crippen molar-refractivity contribution in [2.75, 3.05) is 5.73 Å². The van der Waals surface area contributed by atoms with Gasteiger partial charge in [-0.3, -0.25) is 0 Å². The van der Waals surface area contributed by atoms with Crippen LogP contribution in [0.3, 0.4) is 0 Å². The van der Waals surface area contributed by atoms with Crippen LogP contribution >= 0.6 is 15.9 Å². The standard InChI is InChI=1S/C11H9BrF2N4/c1-6-5-18(11(15)17-6)16-4-7-2-8(13)3-9(14)10(7)12/h2-5H,1H3,(H2,15,17). The molecule has 2 N–H and O–H groups in total. The lowest BCUT2D eigenvalue weighted by Crippen LogP contribution is -1.98. The zero-order chi connectivity index (χ0) is 13.3. The number of imidazole rings is 1. The second-order valence-electron chi connectivity index (χ2n) is 3.62. The third-order valence-corrected chi connectivity index (χ3v) is 3.01. The number of nitrogens with two attached hydrogens (primary N) is 1. The summed E-state index contributed by atoms with van der Waals surface area (Å²) in [6.07, 6.45) is 2.91. The second kappa shape index (κ2) is 4.85. The van der Waals surface area contributed by atoms with Crippen LogP contribution in [0.2, 0.25) is 0 Å². The summed E-state index contributed by atoms with van der Waals surface area (Å²) in [7, 11) is 0. The van der Waals surface area contributed by atoms with E-state index in [-0.39, 0.29) is 16.0 Å². The van der Waals surface area contributed by atoms with Crippen LogP contribution in [0.5, 0.6) is 0 Å². The maximum atomic E-state index is 13.3. The molecule has 0 saturated carbocycles. The van der Waals surface area contributed by atoms with E-state index in [1.807, 2.05) is 0 Å². The fourth-order valence-corrected chi connectivity index (χ4v) is 1.72. The van der Waals surface area contributed by atoms with Gasteiger partial charge in [0.15, 0.2) is 0 Å². The summed E-state index contributed by atoms with van der Waals surface area (Å²) in [5.74, 6) is -1.16. The van der Waals surface area contributed by atoms with E-state index in [0.29, 0.717) is 5.69 Å². The molecule has 0 aliphatic carbocycles. The molecule has 2 rings (SSSR count). The van der Waals surface area contributed by atoms with Gasteiger partial charge in [0.1, 0.15) is 11.6 Å². The third kappa shape index (κ3) is 2.56. The van der Waals surface area contributed by atoms with Gasteiger partial charge in [0.05, 0.1) is 22.6 Å². The maximum absolute atomic E-state index is 13.3. The van der Waals surface area contributed by atoms with E-state index in [9.17, 15) is 8.78 Å². The Morgan fingerprint density at radius 1 is 1.44 bits per heavy atom. The van der Waals surface area contributed by atoms with Crippen LogP contribution in [0.4, 0.5) is 14.7 Å². The van der Waals surface area contributed by atoms with Gasteiger partial charge < -0.3 is 5.73 Å². The smallest absolute Gasteiger partial charge is 0.221 e. The zero-order valence-corrected chi connectivity index (χ0v) is 10.9. The highest BCUT2D eigenvalue weighted by Crippen LogP contribution is 2.20. The summed E-state index contributed by atoms with van der Waals surface area (Å²) >= 11 is 3.02. The van der Waals surface area contributed by atoms with Crippen molar-refractivity contribution in [1.29, 1.82) is 0 Å². The third-order valence-electron chi connectivity index (χ3n) is 2.18. The van der Waals surface area contributed by atoms with Gasteiger partial charge in [0, 0.05) is 11.6 Å². The number of rotatable bonds is 2. The first-order valence-electron chi connectivity index (χ1n) is 4.97. The molecule has 0 unspecified atom stereocenters. The Hall–Kier alpha value is -1.76. The molecule has 1 aromatic carbocycles. The Balaban J connectivity index is 2.37. The number of hydrogen-bond acceptors (Lipinski definition) is 3. The van der Waals surface area contributed by atoms with Gasteiger partial charge in [0.25, 0.3) is 0 Å². The fraction of sp³-hybridized carbons (Fsp3) is 0.0909. The van der Waals surface area contributed by atoms with Crippen LogP contribution < -0.4 is 5.73 Å². The Labute approximate surface area is 110 Å². The summed E-state index contributed by atoms with van der Waals surface area (Å²) in [6.45, 7) is 1.76. The molecule has 0 fully saturated rings. The van der Waals surface area contributed by atoms with E-state index < -0.39 is 11.6 Å². The van der Waals surface area contributed by atoms with Crippen LogP contribution in [0, 0.1) is 18.6 Å². The highest BCUT2D eigenvalue weighted by molar-refractivity contribution is 9.10. The van der Waals surface area contributed by atoms with Crippen molar-refractivity contribution < 1.29 is 8.78 Å². The van der Waals surface area contributed by atoms with Crippen LogP contribution in [-0.2, 0) is 0 Å². The van der Waals surface area contributed by atoms with Gasteiger partial charge in [-0.05, 0) is 28.9 Å². The average molecular weight is 315 g/mol. The molecule has 4 nitrogen and oxygen atoms in total. The highest BCUT2D eigenvalue weighted by atomic mass is 79.9. The van der Waals surface area contributed by atoms with Gasteiger partial charge >= 0.3 is 0 Å². The number of aromatic nitrogens is 2. The molecule has 1 heterocycles. The van der Waals surface area contributed by atoms with Crippen molar-refractivity contribution in [3.8, 4) is 0 Å². The number of halogens is 3. The molecular formula is C11H9BrF2N4. The molecule has 0 amide bonds. The van der Waals surface area contributed by atoms with Crippen LogP contribution in [-0.4, -0.2) is 15.9 Å². The first-order valence-corrected chi connectivity index (χ1v) is 5.77. The molecule has 0 bridgehead atoms. The number of nitrogen functional groups attached to an aromatic ring is 1. The summed E-state index contributed by atoms with van der Waals surface area (Å²) < 4.78 is 27.8. The molecular weight excluding hydrogens is 306 g/mol. The highest BCUT2D eigenvalue weighted by Gasteiger charge is 2.07. The molecule has 0 radical (unpaired) electrons. The molecule has 2 aromatic rings. The number of hydrogen-bond donors (Lipinski definition) is 1. The van der Waals surface area contributed by atoms with Crippen molar-refractivity contribution in [3.05, 3.63) is 45.7 Å². The van der Waals surface area contributed by atoms with E-state index in [2.05, 4.69) is 26.0 Å². The lowest BCUT2D eigenvalue weighted by atomic mass is 10.2. The summed E-state index contributed by atoms with van der Waals surface area (Å²) in [6, 6.07) is 1.95. The number of benzene rings is 1. The molecule has 0 aliphatic heterocycles. The normalized spacial score (nSPS) is 11.3. The van der Waals surface area contributed by atoms with E-state index in [4.69, 9.17) is 5.73 Å². The summed E-state index contributed by atoms with van der Waals surface area (Å²) in [5, 5.41) is 3.98. The molecule has 1 aromatic heterocycles. The van der Waals surface area contributed by atoms with Gasteiger partial charge in [0.2, 0.25) is 5.95 Å². The van der Waals surface area contributed by atoms with Gasteiger partial charge in [-0.15, -0.1) is 0 Å². The predicted octanol–water partition coefficient (Wildman–Crippen LogP) is 2.70.